The Bertz CT molecular complexity index is 140. The van der Waals surface area contributed by atoms with Gasteiger partial charge in [-0.3, -0.25) is 4.79 Å². The predicted molar refractivity (Wildman–Crippen MR) is 41.0 cm³/mol. The molecular weight excluding hydrogens is 150 g/mol. The minimum absolute atomic E-state index is 0.0982. The topological polar surface area (TPSA) is 63.3 Å². The van der Waals surface area contributed by atoms with Gasteiger partial charge in [0.25, 0.3) is 0 Å². The van der Waals surface area contributed by atoms with Crippen LogP contribution < -0.4 is 5.73 Å². The van der Waals surface area contributed by atoms with Crippen LogP contribution in [0.25, 0.3) is 0 Å². The van der Waals surface area contributed by atoms with Crippen LogP contribution in [0.5, 0.6) is 0 Å². The SMILES string of the molecule is N[C@H]1CSC[C@@H]1CC(=O)O. The molecular formula is C6H11NO2S. The van der Waals surface area contributed by atoms with Gasteiger partial charge in [0.15, 0.2) is 0 Å². The summed E-state index contributed by atoms with van der Waals surface area (Å²) in [6.45, 7) is 0. The zero-order valence-corrected chi connectivity index (χ0v) is 6.43. The van der Waals surface area contributed by atoms with Gasteiger partial charge < -0.3 is 10.8 Å². The van der Waals surface area contributed by atoms with Crippen LogP contribution >= 0.6 is 11.8 Å². The van der Waals surface area contributed by atoms with Crippen LogP contribution in [-0.4, -0.2) is 28.6 Å². The van der Waals surface area contributed by atoms with Gasteiger partial charge in [0, 0.05) is 11.8 Å². The minimum Gasteiger partial charge on any atom is -0.481 e. The maximum absolute atomic E-state index is 10.2. The average molecular weight is 161 g/mol. The number of hydrogen-bond donors (Lipinski definition) is 2. The van der Waals surface area contributed by atoms with Gasteiger partial charge >= 0.3 is 5.97 Å². The van der Waals surface area contributed by atoms with Gasteiger partial charge in [0.1, 0.15) is 0 Å². The number of thioether (sulfide) groups is 1. The fourth-order valence-corrected chi connectivity index (χ4v) is 2.40. The summed E-state index contributed by atoms with van der Waals surface area (Å²) < 4.78 is 0. The van der Waals surface area contributed by atoms with Crippen LogP contribution in [0.3, 0.4) is 0 Å². The Morgan fingerprint density at radius 2 is 2.40 bits per heavy atom. The van der Waals surface area contributed by atoms with Gasteiger partial charge in [0.05, 0.1) is 6.42 Å². The lowest BCUT2D eigenvalue weighted by atomic mass is 10.0. The molecule has 2 atom stereocenters. The molecule has 0 saturated carbocycles. The molecule has 0 aromatic heterocycles. The van der Waals surface area contributed by atoms with E-state index in [1.165, 1.54) is 0 Å². The fourth-order valence-electron chi connectivity index (χ4n) is 1.05. The van der Waals surface area contributed by atoms with Crippen LogP contribution in [0, 0.1) is 5.92 Å². The van der Waals surface area contributed by atoms with Crippen LogP contribution in [-0.2, 0) is 4.79 Å². The molecule has 4 heteroatoms. The summed E-state index contributed by atoms with van der Waals surface area (Å²) in [6, 6.07) is 0.0982. The molecule has 1 rings (SSSR count). The Labute approximate surface area is 64.0 Å². The number of aliphatic carboxylic acids is 1. The van der Waals surface area contributed by atoms with Crippen molar-refractivity contribution in [1.29, 1.82) is 0 Å². The molecule has 0 spiro atoms. The van der Waals surface area contributed by atoms with Crippen molar-refractivity contribution in [1.82, 2.24) is 0 Å². The van der Waals surface area contributed by atoms with E-state index in [1.54, 1.807) is 11.8 Å². The van der Waals surface area contributed by atoms with E-state index in [2.05, 4.69) is 0 Å². The predicted octanol–water partition coefficient (Wildman–Crippen LogP) is 0.151. The average Bonchev–Trinajstić information content (AvgIpc) is 2.15. The van der Waals surface area contributed by atoms with Crippen molar-refractivity contribution in [2.45, 2.75) is 12.5 Å². The number of rotatable bonds is 2. The highest BCUT2D eigenvalue weighted by molar-refractivity contribution is 7.99. The smallest absolute Gasteiger partial charge is 0.303 e. The molecule has 1 aliphatic rings. The first-order valence-corrected chi connectivity index (χ1v) is 4.40. The standard InChI is InChI=1S/C6H11NO2S/c7-5-3-10-2-4(5)1-6(8)9/h4-5H,1-3,7H2,(H,8,9)/t4-,5-/m0/s1. The normalized spacial score (nSPS) is 32.5. The van der Waals surface area contributed by atoms with Gasteiger partial charge in [-0.2, -0.15) is 11.8 Å². The summed E-state index contributed by atoms with van der Waals surface area (Å²) in [5.74, 6) is 1.29. The Morgan fingerprint density at radius 1 is 1.70 bits per heavy atom. The van der Waals surface area contributed by atoms with E-state index in [-0.39, 0.29) is 18.4 Å². The Kier molecular flexibility index (Phi) is 2.56. The van der Waals surface area contributed by atoms with Crippen molar-refractivity contribution in [3.05, 3.63) is 0 Å². The Balaban J connectivity index is 2.33. The summed E-state index contributed by atoms with van der Waals surface area (Å²) in [5.41, 5.74) is 5.64. The lowest BCUT2D eigenvalue weighted by Crippen LogP contribution is -2.29. The third kappa shape index (κ3) is 1.88. The largest absolute Gasteiger partial charge is 0.481 e. The molecule has 3 N–H and O–H groups in total. The van der Waals surface area contributed by atoms with E-state index in [0.717, 1.165) is 11.5 Å². The van der Waals surface area contributed by atoms with Gasteiger partial charge in [-0.1, -0.05) is 0 Å². The molecule has 0 aromatic carbocycles. The van der Waals surface area contributed by atoms with Gasteiger partial charge in [-0.25, -0.2) is 0 Å². The molecule has 0 unspecified atom stereocenters. The molecule has 0 aliphatic carbocycles. The number of carboxylic acids is 1. The van der Waals surface area contributed by atoms with Crippen molar-refractivity contribution < 1.29 is 9.90 Å². The second kappa shape index (κ2) is 3.25. The summed E-state index contributed by atoms with van der Waals surface area (Å²) >= 11 is 1.74. The molecule has 1 aliphatic heterocycles. The van der Waals surface area contributed by atoms with Gasteiger partial charge in [-0.05, 0) is 11.7 Å². The maximum atomic E-state index is 10.2. The van der Waals surface area contributed by atoms with Crippen molar-refractivity contribution >= 4 is 17.7 Å². The lowest BCUT2D eigenvalue weighted by Gasteiger charge is -2.09. The summed E-state index contributed by atoms with van der Waals surface area (Å²) in [7, 11) is 0. The van der Waals surface area contributed by atoms with Crippen LogP contribution in [0.2, 0.25) is 0 Å². The molecule has 0 bridgehead atoms. The molecule has 0 radical (unpaired) electrons. The maximum Gasteiger partial charge on any atom is 0.303 e. The van der Waals surface area contributed by atoms with E-state index in [4.69, 9.17) is 10.8 Å². The molecule has 1 saturated heterocycles. The van der Waals surface area contributed by atoms with E-state index in [9.17, 15) is 4.79 Å². The van der Waals surface area contributed by atoms with Crippen LogP contribution in [0.15, 0.2) is 0 Å². The molecule has 3 nitrogen and oxygen atoms in total. The fraction of sp³-hybridized carbons (Fsp3) is 0.833. The first kappa shape index (κ1) is 7.88. The third-order valence-electron chi connectivity index (χ3n) is 1.68. The summed E-state index contributed by atoms with van der Waals surface area (Å²) in [5, 5.41) is 8.43. The molecule has 1 fully saturated rings. The number of carboxylic acid groups (broad SMARTS) is 1. The van der Waals surface area contributed by atoms with Gasteiger partial charge in [0.2, 0.25) is 0 Å². The molecule has 0 amide bonds. The second-order valence-electron chi connectivity index (χ2n) is 2.56. The number of carbonyl (C=O) groups is 1. The highest BCUT2D eigenvalue weighted by Crippen LogP contribution is 2.24. The van der Waals surface area contributed by atoms with Crippen LogP contribution in [0.1, 0.15) is 6.42 Å². The molecule has 1 heterocycles. The summed E-state index contributed by atoms with van der Waals surface area (Å²) in [6.07, 6.45) is 0.230. The van der Waals surface area contributed by atoms with Crippen molar-refractivity contribution in [3.63, 3.8) is 0 Å². The molecule has 10 heavy (non-hydrogen) atoms. The van der Waals surface area contributed by atoms with Crippen molar-refractivity contribution in [3.8, 4) is 0 Å². The van der Waals surface area contributed by atoms with E-state index >= 15 is 0 Å². The van der Waals surface area contributed by atoms with E-state index < -0.39 is 5.97 Å². The number of hydrogen-bond acceptors (Lipinski definition) is 3. The lowest BCUT2D eigenvalue weighted by molar-refractivity contribution is -0.138. The van der Waals surface area contributed by atoms with Crippen LogP contribution in [0.4, 0.5) is 0 Å². The Morgan fingerprint density at radius 3 is 2.80 bits per heavy atom. The van der Waals surface area contributed by atoms with Crippen molar-refractivity contribution in [2.75, 3.05) is 11.5 Å². The number of nitrogens with two attached hydrogens (primary N) is 1. The highest BCUT2D eigenvalue weighted by atomic mass is 32.2. The highest BCUT2D eigenvalue weighted by Gasteiger charge is 2.26. The van der Waals surface area contributed by atoms with E-state index in [1.807, 2.05) is 0 Å². The van der Waals surface area contributed by atoms with Gasteiger partial charge in [-0.15, -0.1) is 0 Å². The minimum atomic E-state index is -0.733. The quantitative estimate of drug-likeness (QED) is 0.605. The zero-order valence-electron chi connectivity index (χ0n) is 5.62. The molecule has 0 aromatic rings. The first-order valence-electron chi connectivity index (χ1n) is 3.25. The van der Waals surface area contributed by atoms with Crippen molar-refractivity contribution in [2.24, 2.45) is 11.7 Å². The second-order valence-corrected chi connectivity index (χ2v) is 3.63. The third-order valence-corrected chi connectivity index (χ3v) is 2.97. The molecule has 58 valence electrons. The van der Waals surface area contributed by atoms with E-state index in [0.29, 0.717) is 0 Å². The zero-order chi connectivity index (χ0) is 7.56. The first-order chi connectivity index (χ1) is 4.70. The monoisotopic (exact) mass is 161 g/mol. The summed E-state index contributed by atoms with van der Waals surface area (Å²) in [4.78, 5) is 10.2. The Hall–Kier alpha value is -0.220.